The molecule has 140 valence electrons. The van der Waals surface area contributed by atoms with Crippen molar-refractivity contribution in [3.8, 4) is 0 Å². The molecule has 2 rings (SSSR count). The Kier molecular flexibility index (Phi) is 7.68. The Morgan fingerprint density at radius 3 is 2.72 bits per heavy atom. The van der Waals surface area contributed by atoms with Crippen LogP contribution in [0.1, 0.15) is 43.5 Å². The Bertz CT molecular complexity index is 576. The van der Waals surface area contributed by atoms with Gasteiger partial charge in [-0.1, -0.05) is 13.8 Å². The summed E-state index contributed by atoms with van der Waals surface area (Å²) >= 11 is 1.73. The SMILES string of the molecule is CCNC(=NCCc1ncc(C)s1)NC1CCN(C(=O)C(C)C)CC1. The van der Waals surface area contributed by atoms with Crippen LogP contribution in [0.15, 0.2) is 11.2 Å². The van der Waals surface area contributed by atoms with Gasteiger partial charge in [-0.05, 0) is 26.7 Å². The van der Waals surface area contributed by atoms with Crippen LogP contribution in [0.4, 0.5) is 0 Å². The van der Waals surface area contributed by atoms with Gasteiger partial charge in [0.1, 0.15) is 0 Å². The molecule has 6 nitrogen and oxygen atoms in total. The van der Waals surface area contributed by atoms with Gasteiger partial charge in [0.15, 0.2) is 5.96 Å². The van der Waals surface area contributed by atoms with E-state index in [0.29, 0.717) is 6.04 Å². The first-order valence-electron chi connectivity index (χ1n) is 9.24. The van der Waals surface area contributed by atoms with E-state index >= 15 is 0 Å². The molecule has 0 aromatic carbocycles. The highest BCUT2D eigenvalue weighted by molar-refractivity contribution is 7.11. The van der Waals surface area contributed by atoms with E-state index in [1.165, 1.54) is 4.88 Å². The molecule has 0 aliphatic carbocycles. The van der Waals surface area contributed by atoms with Crippen LogP contribution in [0, 0.1) is 12.8 Å². The number of guanidine groups is 1. The van der Waals surface area contributed by atoms with Gasteiger partial charge < -0.3 is 15.5 Å². The van der Waals surface area contributed by atoms with Crippen LogP contribution in [0.3, 0.4) is 0 Å². The first kappa shape index (κ1) is 19.7. The van der Waals surface area contributed by atoms with Gasteiger partial charge in [-0.25, -0.2) is 4.98 Å². The Labute approximate surface area is 155 Å². The van der Waals surface area contributed by atoms with Gasteiger partial charge >= 0.3 is 0 Å². The van der Waals surface area contributed by atoms with Crippen molar-refractivity contribution in [3.63, 3.8) is 0 Å². The van der Waals surface area contributed by atoms with Crippen molar-refractivity contribution in [1.29, 1.82) is 0 Å². The third kappa shape index (κ3) is 6.30. The first-order valence-corrected chi connectivity index (χ1v) is 10.1. The largest absolute Gasteiger partial charge is 0.357 e. The van der Waals surface area contributed by atoms with Crippen LogP contribution >= 0.6 is 11.3 Å². The summed E-state index contributed by atoms with van der Waals surface area (Å²) in [7, 11) is 0. The topological polar surface area (TPSA) is 69.6 Å². The van der Waals surface area contributed by atoms with Crippen molar-refractivity contribution < 1.29 is 4.79 Å². The first-order chi connectivity index (χ1) is 12.0. The van der Waals surface area contributed by atoms with Crippen molar-refractivity contribution in [3.05, 3.63) is 16.1 Å². The monoisotopic (exact) mass is 365 g/mol. The number of rotatable bonds is 6. The molecule has 1 fully saturated rings. The average molecular weight is 366 g/mol. The van der Waals surface area contributed by atoms with Crippen LogP contribution in [-0.4, -0.2) is 54.0 Å². The third-order valence-electron chi connectivity index (χ3n) is 4.25. The Hall–Kier alpha value is -1.63. The predicted molar refractivity (Wildman–Crippen MR) is 104 cm³/mol. The lowest BCUT2D eigenvalue weighted by atomic mass is 10.0. The Balaban J connectivity index is 1.80. The molecule has 0 unspecified atom stereocenters. The normalized spacial score (nSPS) is 16.4. The van der Waals surface area contributed by atoms with Crippen molar-refractivity contribution in [2.45, 2.75) is 53.0 Å². The molecule has 1 aromatic rings. The van der Waals surface area contributed by atoms with E-state index < -0.39 is 0 Å². The number of thiazole rings is 1. The van der Waals surface area contributed by atoms with Crippen molar-refractivity contribution in [2.75, 3.05) is 26.2 Å². The van der Waals surface area contributed by atoms with Crippen LogP contribution in [-0.2, 0) is 11.2 Å². The van der Waals surface area contributed by atoms with E-state index in [-0.39, 0.29) is 11.8 Å². The maximum Gasteiger partial charge on any atom is 0.225 e. The molecule has 2 N–H and O–H groups in total. The maximum atomic E-state index is 12.1. The van der Waals surface area contributed by atoms with E-state index in [1.54, 1.807) is 11.3 Å². The standard InChI is InChI=1S/C18H31N5OS/c1-5-19-18(20-9-6-16-21-12-14(4)25-16)22-15-7-10-23(11-8-15)17(24)13(2)3/h12-13,15H,5-11H2,1-4H3,(H2,19,20,22). The lowest BCUT2D eigenvalue weighted by Gasteiger charge is -2.34. The van der Waals surface area contributed by atoms with Crippen LogP contribution in [0.5, 0.6) is 0 Å². The van der Waals surface area contributed by atoms with Crippen molar-refractivity contribution in [1.82, 2.24) is 20.5 Å². The molecule has 1 amide bonds. The summed E-state index contributed by atoms with van der Waals surface area (Å²) in [6.07, 6.45) is 4.72. The summed E-state index contributed by atoms with van der Waals surface area (Å²) in [5.74, 6) is 1.21. The summed E-state index contributed by atoms with van der Waals surface area (Å²) in [5, 5.41) is 7.97. The Morgan fingerprint density at radius 1 is 1.44 bits per heavy atom. The summed E-state index contributed by atoms with van der Waals surface area (Å²) in [5.41, 5.74) is 0. The summed E-state index contributed by atoms with van der Waals surface area (Å²) in [4.78, 5) is 24.4. The van der Waals surface area contributed by atoms with Gasteiger partial charge in [0.05, 0.1) is 5.01 Å². The Morgan fingerprint density at radius 2 is 2.16 bits per heavy atom. The number of nitrogens with zero attached hydrogens (tertiary/aromatic N) is 3. The molecule has 7 heteroatoms. The van der Waals surface area contributed by atoms with E-state index in [0.717, 1.165) is 56.4 Å². The lowest BCUT2D eigenvalue weighted by molar-refractivity contribution is -0.135. The lowest BCUT2D eigenvalue weighted by Crippen LogP contribution is -2.50. The predicted octanol–water partition coefficient (Wildman–Crippen LogP) is 2.20. The fourth-order valence-corrected chi connectivity index (χ4v) is 3.68. The van der Waals surface area contributed by atoms with Crippen molar-refractivity contribution >= 4 is 23.2 Å². The number of hydrogen-bond donors (Lipinski definition) is 2. The summed E-state index contributed by atoms with van der Waals surface area (Å²) in [6, 6.07) is 0.371. The van der Waals surface area contributed by atoms with Gasteiger partial charge in [-0.2, -0.15) is 0 Å². The molecule has 0 radical (unpaired) electrons. The molecule has 1 aliphatic rings. The number of aliphatic imine (C=N–C) groups is 1. The minimum Gasteiger partial charge on any atom is -0.357 e. The van der Waals surface area contributed by atoms with Gasteiger partial charge in [0.25, 0.3) is 0 Å². The molecule has 0 saturated carbocycles. The molecule has 2 heterocycles. The van der Waals surface area contributed by atoms with E-state index in [1.807, 2.05) is 24.9 Å². The van der Waals surface area contributed by atoms with Crippen LogP contribution < -0.4 is 10.6 Å². The second-order valence-electron chi connectivity index (χ2n) is 6.77. The van der Waals surface area contributed by atoms with Crippen LogP contribution in [0.2, 0.25) is 0 Å². The number of likely N-dealkylation sites (tertiary alicyclic amines) is 1. The van der Waals surface area contributed by atoms with E-state index in [2.05, 4.69) is 34.5 Å². The molecule has 0 atom stereocenters. The quantitative estimate of drug-likeness (QED) is 0.599. The smallest absolute Gasteiger partial charge is 0.225 e. The van der Waals surface area contributed by atoms with Gasteiger partial charge in [0.2, 0.25) is 5.91 Å². The highest BCUT2D eigenvalue weighted by atomic mass is 32.1. The molecular weight excluding hydrogens is 334 g/mol. The fourth-order valence-electron chi connectivity index (χ4n) is 2.90. The minimum absolute atomic E-state index is 0.0814. The van der Waals surface area contributed by atoms with Gasteiger partial charge in [-0.3, -0.25) is 9.79 Å². The third-order valence-corrected chi connectivity index (χ3v) is 5.22. The molecule has 0 spiro atoms. The number of aryl methyl sites for hydroxylation is 1. The summed E-state index contributed by atoms with van der Waals surface area (Å²) < 4.78 is 0. The van der Waals surface area contributed by atoms with E-state index in [4.69, 9.17) is 0 Å². The number of piperidine rings is 1. The molecule has 0 bridgehead atoms. The number of hydrogen-bond acceptors (Lipinski definition) is 4. The number of carbonyl (C=O) groups is 1. The zero-order chi connectivity index (χ0) is 18.2. The maximum absolute atomic E-state index is 12.1. The zero-order valence-corrected chi connectivity index (χ0v) is 16.7. The number of aromatic nitrogens is 1. The van der Waals surface area contributed by atoms with Gasteiger partial charge in [-0.15, -0.1) is 11.3 Å². The average Bonchev–Trinajstić information content (AvgIpc) is 3.00. The summed E-state index contributed by atoms with van der Waals surface area (Å²) in [6.45, 7) is 11.3. The van der Waals surface area contributed by atoms with Crippen LogP contribution in [0.25, 0.3) is 0 Å². The molecule has 1 aromatic heterocycles. The molecule has 1 saturated heterocycles. The second kappa shape index (κ2) is 9.75. The zero-order valence-electron chi connectivity index (χ0n) is 15.8. The highest BCUT2D eigenvalue weighted by Gasteiger charge is 2.24. The fraction of sp³-hybridized carbons (Fsp3) is 0.722. The van der Waals surface area contributed by atoms with Crippen molar-refractivity contribution in [2.24, 2.45) is 10.9 Å². The number of amides is 1. The molecule has 1 aliphatic heterocycles. The number of nitrogens with one attached hydrogen (secondary N) is 2. The van der Waals surface area contributed by atoms with E-state index in [9.17, 15) is 4.79 Å². The molecule has 25 heavy (non-hydrogen) atoms. The highest BCUT2D eigenvalue weighted by Crippen LogP contribution is 2.14. The second-order valence-corrected chi connectivity index (χ2v) is 8.09. The van der Waals surface area contributed by atoms with Gasteiger partial charge in [0, 0.05) is 55.6 Å². The minimum atomic E-state index is 0.0814. The number of carbonyl (C=O) groups excluding carboxylic acids is 1. The molecular formula is C18H31N5OS.